The summed E-state index contributed by atoms with van der Waals surface area (Å²) in [7, 11) is 0. The lowest BCUT2D eigenvalue weighted by Crippen LogP contribution is -2.34. The quantitative estimate of drug-likeness (QED) is 0.398. The SMILES string of the molecule is C=C(C)C(=O)OC1C(=O)OCC1C(=O)OCC. The van der Waals surface area contributed by atoms with E-state index in [9.17, 15) is 14.4 Å². The highest BCUT2D eigenvalue weighted by molar-refractivity contribution is 5.92. The fraction of sp³-hybridized carbons (Fsp3) is 0.545. The molecule has 0 amide bonds. The predicted octanol–water partition coefficient (Wildman–Crippen LogP) is 0.210. The molecule has 1 rings (SSSR count). The summed E-state index contributed by atoms with van der Waals surface area (Å²) in [5.74, 6) is -2.98. The minimum Gasteiger partial charge on any atom is -0.466 e. The van der Waals surface area contributed by atoms with Crippen molar-refractivity contribution >= 4 is 17.9 Å². The summed E-state index contributed by atoms with van der Waals surface area (Å²) < 4.78 is 14.3. The molecule has 0 aliphatic carbocycles. The van der Waals surface area contributed by atoms with Crippen molar-refractivity contribution in [1.82, 2.24) is 0 Å². The maximum absolute atomic E-state index is 11.5. The van der Waals surface area contributed by atoms with Gasteiger partial charge in [0.25, 0.3) is 0 Å². The lowest BCUT2D eigenvalue weighted by atomic mass is 10.1. The van der Waals surface area contributed by atoms with Gasteiger partial charge in [-0.05, 0) is 13.8 Å². The molecule has 0 saturated carbocycles. The minimum atomic E-state index is -1.24. The zero-order chi connectivity index (χ0) is 13.0. The van der Waals surface area contributed by atoms with E-state index in [0.29, 0.717) is 0 Å². The van der Waals surface area contributed by atoms with Gasteiger partial charge in [-0.3, -0.25) is 4.79 Å². The Bertz CT molecular complexity index is 359. The number of ether oxygens (including phenoxy) is 3. The van der Waals surface area contributed by atoms with Crippen LogP contribution in [0.4, 0.5) is 0 Å². The summed E-state index contributed by atoms with van der Waals surface area (Å²) in [4.78, 5) is 34.1. The van der Waals surface area contributed by atoms with Gasteiger partial charge < -0.3 is 14.2 Å². The van der Waals surface area contributed by atoms with Crippen molar-refractivity contribution < 1.29 is 28.6 Å². The first-order valence-corrected chi connectivity index (χ1v) is 5.17. The molecule has 6 nitrogen and oxygen atoms in total. The van der Waals surface area contributed by atoms with Crippen LogP contribution in [0, 0.1) is 5.92 Å². The number of carbonyl (C=O) groups excluding carboxylic acids is 3. The van der Waals surface area contributed by atoms with Crippen LogP contribution in [0.25, 0.3) is 0 Å². The third kappa shape index (κ3) is 3.05. The first-order valence-electron chi connectivity index (χ1n) is 5.17. The molecule has 1 heterocycles. The van der Waals surface area contributed by atoms with E-state index in [1.165, 1.54) is 6.92 Å². The van der Waals surface area contributed by atoms with Crippen molar-refractivity contribution in [2.24, 2.45) is 5.92 Å². The molecule has 1 fully saturated rings. The summed E-state index contributed by atoms with van der Waals surface area (Å²) in [5, 5.41) is 0. The van der Waals surface area contributed by atoms with Gasteiger partial charge in [0.2, 0.25) is 6.10 Å². The van der Waals surface area contributed by atoms with Gasteiger partial charge in [-0.25, -0.2) is 9.59 Å². The summed E-state index contributed by atoms with van der Waals surface area (Å²) in [6.07, 6.45) is -1.24. The van der Waals surface area contributed by atoms with Crippen LogP contribution >= 0.6 is 0 Å². The van der Waals surface area contributed by atoms with Crippen molar-refractivity contribution in [3.05, 3.63) is 12.2 Å². The van der Waals surface area contributed by atoms with E-state index in [4.69, 9.17) is 9.47 Å². The van der Waals surface area contributed by atoms with Gasteiger partial charge in [-0.15, -0.1) is 0 Å². The van der Waals surface area contributed by atoms with E-state index < -0.39 is 29.9 Å². The van der Waals surface area contributed by atoms with Gasteiger partial charge in [0.1, 0.15) is 12.5 Å². The standard InChI is InChI=1S/C11H14O6/c1-4-15-10(13)7-5-16-11(14)8(7)17-9(12)6(2)3/h7-8H,2,4-5H2,1,3H3. The highest BCUT2D eigenvalue weighted by atomic mass is 16.6. The van der Waals surface area contributed by atoms with E-state index in [0.717, 1.165) is 0 Å². The van der Waals surface area contributed by atoms with Crippen molar-refractivity contribution in [3.63, 3.8) is 0 Å². The Labute approximate surface area is 98.5 Å². The number of cyclic esters (lactones) is 1. The maximum Gasteiger partial charge on any atom is 0.348 e. The smallest absolute Gasteiger partial charge is 0.348 e. The fourth-order valence-electron chi connectivity index (χ4n) is 1.29. The lowest BCUT2D eigenvalue weighted by molar-refractivity contribution is -0.163. The van der Waals surface area contributed by atoms with Crippen LogP contribution in [0.1, 0.15) is 13.8 Å². The van der Waals surface area contributed by atoms with E-state index in [2.05, 4.69) is 11.3 Å². The summed E-state index contributed by atoms with van der Waals surface area (Å²) in [5.41, 5.74) is 0.146. The van der Waals surface area contributed by atoms with E-state index in [1.54, 1.807) is 6.92 Å². The molecule has 0 bridgehead atoms. The van der Waals surface area contributed by atoms with Gasteiger partial charge >= 0.3 is 17.9 Å². The molecule has 2 unspecified atom stereocenters. The molecule has 6 heteroatoms. The Morgan fingerprint density at radius 3 is 2.71 bits per heavy atom. The van der Waals surface area contributed by atoms with Gasteiger partial charge in [0.15, 0.2) is 0 Å². The van der Waals surface area contributed by atoms with Crippen LogP contribution in [-0.4, -0.2) is 37.2 Å². The van der Waals surface area contributed by atoms with Crippen LogP contribution in [0.2, 0.25) is 0 Å². The van der Waals surface area contributed by atoms with E-state index >= 15 is 0 Å². The van der Waals surface area contributed by atoms with Crippen LogP contribution in [0.15, 0.2) is 12.2 Å². The minimum absolute atomic E-state index is 0.133. The zero-order valence-corrected chi connectivity index (χ0v) is 9.73. The number of esters is 3. The summed E-state index contributed by atoms with van der Waals surface area (Å²) >= 11 is 0. The Morgan fingerprint density at radius 2 is 2.18 bits per heavy atom. The largest absolute Gasteiger partial charge is 0.466 e. The average molecular weight is 242 g/mol. The molecule has 1 aliphatic heterocycles. The zero-order valence-electron chi connectivity index (χ0n) is 9.73. The average Bonchev–Trinajstić information content (AvgIpc) is 2.61. The van der Waals surface area contributed by atoms with Crippen LogP contribution in [-0.2, 0) is 28.6 Å². The molecule has 0 N–H and O–H groups in total. The van der Waals surface area contributed by atoms with Gasteiger partial charge in [-0.2, -0.15) is 0 Å². The van der Waals surface area contributed by atoms with Crippen molar-refractivity contribution in [3.8, 4) is 0 Å². The predicted molar refractivity (Wildman–Crippen MR) is 55.8 cm³/mol. The van der Waals surface area contributed by atoms with Crippen molar-refractivity contribution in [2.75, 3.05) is 13.2 Å². The Balaban J connectivity index is 2.72. The second-order valence-electron chi connectivity index (χ2n) is 3.59. The van der Waals surface area contributed by atoms with E-state index in [1.807, 2.05) is 0 Å². The van der Waals surface area contributed by atoms with Crippen LogP contribution in [0.5, 0.6) is 0 Å². The van der Waals surface area contributed by atoms with Gasteiger partial charge in [0.05, 0.1) is 6.61 Å². The molecular weight excluding hydrogens is 228 g/mol. The molecule has 94 valence electrons. The first-order chi connectivity index (χ1) is 7.97. The fourth-order valence-corrected chi connectivity index (χ4v) is 1.29. The van der Waals surface area contributed by atoms with E-state index in [-0.39, 0.29) is 18.8 Å². The molecular formula is C11H14O6. The third-order valence-electron chi connectivity index (χ3n) is 2.17. The lowest BCUT2D eigenvalue weighted by Gasteiger charge is -2.14. The molecule has 0 radical (unpaired) electrons. The maximum atomic E-state index is 11.5. The topological polar surface area (TPSA) is 78.9 Å². The Hall–Kier alpha value is -1.85. The van der Waals surface area contributed by atoms with Crippen molar-refractivity contribution in [2.45, 2.75) is 20.0 Å². The molecule has 0 aromatic carbocycles. The number of carbonyl (C=O) groups is 3. The van der Waals surface area contributed by atoms with Crippen LogP contribution in [0.3, 0.4) is 0 Å². The van der Waals surface area contributed by atoms with Crippen molar-refractivity contribution in [1.29, 1.82) is 0 Å². The molecule has 17 heavy (non-hydrogen) atoms. The number of rotatable bonds is 4. The van der Waals surface area contributed by atoms with Gasteiger partial charge in [-0.1, -0.05) is 6.58 Å². The number of hydrogen-bond acceptors (Lipinski definition) is 6. The molecule has 1 saturated heterocycles. The molecule has 1 aliphatic rings. The third-order valence-corrected chi connectivity index (χ3v) is 2.17. The second kappa shape index (κ2) is 5.47. The monoisotopic (exact) mass is 242 g/mol. The Morgan fingerprint density at radius 1 is 1.53 bits per heavy atom. The highest BCUT2D eigenvalue weighted by Crippen LogP contribution is 2.21. The summed E-state index contributed by atoms with van der Waals surface area (Å²) in [6.45, 7) is 6.53. The van der Waals surface area contributed by atoms with Crippen LogP contribution < -0.4 is 0 Å². The molecule has 0 spiro atoms. The van der Waals surface area contributed by atoms with Gasteiger partial charge in [0, 0.05) is 5.57 Å². The normalized spacial score (nSPS) is 22.8. The Kier molecular flexibility index (Phi) is 4.25. The molecule has 0 aromatic heterocycles. The molecule has 0 aromatic rings. The second-order valence-corrected chi connectivity index (χ2v) is 3.59. The number of hydrogen-bond donors (Lipinski definition) is 0. The first kappa shape index (κ1) is 13.2. The summed E-state index contributed by atoms with van der Waals surface area (Å²) in [6, 6.07) is 0. The highest BCUT2D eigenvalue weighted by Gasteiger charge is 2.45. The molecule has 2 atom stereocenters.